The van der Waals surface area contributed by atoms with Gasteiger partial charge in [-0.1, -0.05) is 133 Å². The van der Waals surface area contributed by atoms with Crippen molar-refractivity contribution < 1.29 is 4.42 Å². The predicted molar refractivity (Wildman–Crippen MR) is 190 cm³/mol. The number of benzene rings is 7. The van der Waals surface area contributed by atoms with E-state index in [-0.39, 0.29) is 0 Å². The van der Waals surface area contributed by atoms with Gasteiger partial charge >= 0.3 is 0 Å². The minimum absolute atomic E-state index is 0.626. The summed E-state index contributed by atoms with van der Waals surface area (Å²) >= 11 is 0. The van der Waals surface area contributed by atoms with E-state index in [0.717, 1.165) is 66.0 Å². The predicted octanol–water partition coefficient (Wildman–Crippen LogP) is 10.7. The second-order valence-electron chi connectivity index (χ2n) is 11.5. The summed E-state index contributed by atoms with van der Waals surface area (Å²) in [6.07, 6.45) is 0. The number of oxazole rings is 1. The van der Waals surface area contributed by atoms with Crippen LogP contribution in [0.25, 0.3) is 89.4 Å². The summed E-state index contributed by atoms with van der Waals surface area (Å²) in [4.78, 5) is 19.4. The molecule has 5 heteroatoms. The molecule has 0 amide bonds. The highest BCUT2D eigenvalue weighted by molar-refractivity contribution is 6.18. The highest BCUT2D eigenvalue weighted by Crippen LogP contribution is 2.37. The van der Waals surface area contributed by atoms with Crippen molar-refractivity contribution in [1.82, 2.24) is 19.9 Å². The molecule has 220 valence electrons. The molecular formula is C42H26N4O. The fraction of sp³-hybridized carbons (Fsp3) is 0. The zero-order chi connectivity index (χ0) is 31.2. The molecule has 0 atom stereocenters. The Bertz CT molecular complexity index is 2490. The Morgan fingerprint density at radius 2 is 0.830 bits per heavy atom. The molecule has 0 N–H and O–H groups in total. The Balaban J connectivity index is 1.13. The molecule has 9 rings (SSSR count). The van der Waals surface area contributed by atoms with Crippen LogP contribution in [0.4, 0.5) is 0 Å². The second-order valence-corrected chi connectivity index (χ2v) is 11.5. The number of fused-ring (bicyclic) bond motifs is 5. The van der Waals surface area contributed by atoms with Crippen molar-refractivity contribution >= 4 is 32.6 Å². The summed E-state index contributed by atoms with van der Waals surface area (Å²) in [6.45, 7) is 0. The Hall–Kier alpha value is -6.46. The third-order valence-corrected chi connectivity index (χ3v) is 8.55. The number of aromatic nitrogens is 4. The van der Waals surface area contributed by atoms with E-state index >= 15 is 0 Å². The molecule has 7 aromatic carbocycles. The Morgan fingerprint density at radius 1 is 0.362 bits per heavy atom. The van der Waals surface area contributed by atoms with Gasteiger partial charge in [-0.25, -0.2) is 19.9 Å². The first kappa shape index (κ1) is 26.9. The van der Waals surface area contributed by atoms with Crippen molar-refractivity contribution in [3.63, 3.8) is 0 Å². The van der Waals surface area contributed by atoms with Crippen LogP contribution in [0.3, 0.4) is 0 Å². The van der Waals surface area contributed by atoms with Crippen LogP contribution < -0.4 is 0 Å². The van der Waals surface area contributed by atoms with Crippen LogP contribution in [-0.2, 0) is 0 Å². The Labute approximate surface area is 270 Å². The Morgan fingerprint density at radius 3 is 1.45 bits per heavy atom. The molecule has 5 nitrogen and oxygen atoms in total. The highest BCUT2D eigenvalue weighted by Gasteiger charge is 2.15. The van der Waals surface area contributed by atoms with E-state index in [1.807, 2.05) is 97.1 Å². The summed E-state index contributed by atoms with van der Waals surface area (Å²) in [5.74, 6) is 2.56. The highest BCUT2D eigenvalue weighted by atomic mass is 16.3. The van der Waals surface area contributed by atoms with E-state index in [0.29, 0.717) is 23.4 Å². The first-order valence-electron chi connectivity index (χ1n) is 15.6. The number of hydrogen-bond acceptors (Lipinski definition) is 5. The first-order valence-corrected chi connectivity index (χ1v) is 15.6. The van der Waals surface area contributed by atoms with Gasteiger partial charge in [-0.3, -0.25) is 0 Å². The van der Waals surface area contributed by atoms with Gasteiger partial charge in [-0.2, -0.15) is 0 Å². The molecule has 0 aliphatic heterocycles. The van der Waals surface area contributed by atoms with E-state index in [4.69, 9.17) is 24.4 Å². The molecule has 0 bridgehead atoms. The number of nitrogens with zero attached hydrogens (tertiary/aromatic N) is 4. The molecule has 0 spiro atoms. The van der Waals surface area contributed by atoms with Crippen molar-refractivity contribution in [3.8, 4) is 56.7 Å². The summed E-state index contributed by atoms with van der Waals surface area (Å²) in [6, 6.07) is 53.6. The fourth-order valence-electron chi connectivity index (χ4n) is 6.15. The largest absolute Gasteiger partial charge is 0.435 e. The van der Waals surface area contributed by atoms with Crippen LogP contribution in [0.15, 0.2) is 162 Å². The van der Waals surface area contributed by atoms with Crippen LogP contribution >= 0.6 is 0 Å². The van der Waals surface area contributed by atoms with E-state index in [1.165, 1.54) is 0 Å². The smallest absolute Gasteiger partial charge is 0.227 e. The maximum atomic E-state index is 6.44. The van der Waals surface area contributed by atoms with Crippen molar-refractivity contribution in [3.05, 3.63) is 158 Å². The lowest BCUT2D eigenvalue weighted by molar-refractivity contribution is 0.623. The number of rotatable bonds is 5. The number of hydrogen-bond donors (Lipinski definition) is 0. The minimum Gasteiger partial charge on any atom is -0.435 e. The standard InChI is InChI=1S/C42H26N4O/c1-4-10-30(11-5-1)39-44-40(31-12-6-2-7-13-31)46-41(45-39)32-21-16-27(17-22-32)34-23-19-28-18-20-29-24-25-36-38(37(29)35(28)26-34)47-42(43-36)33-14-8-3-9-15-33/h1-26H. The molecule has 0 unspecified atom stereocenters. The molecule has 0 fully saturated rings. The molecule has 0 radical (unpaired) electrons. The zero-order valence-electron chi connectivity index (χ0n) is 25.2. The van der Waals surface area contributed by atoms with Crippen molar-refractivity contribution in [2.45, 2.75) is 0 Å². The van der Waals surface area contributed by atoms with Gasteiger partial charge in [0.05, 0.1) is 0 Å². The van der Waals surface area contributed by atoms with Gasteiger partial charge in [0.15, 0.2) is 23.1 Å². The maximum absolute atomic E-state index is 6.44. The normalized spacial score (nSPS) is 11.4. The van der Waals surface area contributed by atoms with Gasteiger partial charge in [0.25, 0.3) is 0 Å². The fourth-order valence-corrected chi connectivity index (χ4v) is 6.15. The van der Waals surface area contributed by atoms with Gasteiger partial charge < -0.3 is 4.42 Å². The van der Waals surface area contributed by atoms with E-state index < -0.39 is 0 Å². The third-order valence-electron chi connectivity index (χ3n) is 8.55. The molecule has 2 aromatic heterocycles. The van der Waals surface area contributed by atoms with Gasteiger partial charge in [0, 0.05) is 27.6 Å². The summed E-state index contributed by atoms with van der Waals surface area (Å²) in [7, 11) is 0. The molecule has 0 aliphatic rings. The topological polar surface area (TPSA) is 64.7 Å². The van der Waals surface area contributed by atoms with Crippen LogP contribution in [0, 0.1) is 0 Å². The van der Waals surface area contributed by atoms with E-state index in [2.05, 4.69) is 60.7 Å². The van der Waals surface area contributed by atoms with E-state index in [9.17, 15) is 0 Å². The van der Waals surface area contributed by atoms with E-state index in [1.54, 1.807) is 0 Å². The monoisotopic (exact) mass is 602 g/mol. The van der Waals surface area contributed by atoms with Crippen LogP contribution in [0.1, 0.15) is 0 Å². The summed E-state index contributed by atoms with van der Waals surface area (Å²) in [5.41, 5.74) is 7.65. The quantitative estimate of drug-likeness (QED) is 0.183. The minimum atomic E-state index is 0.626. The van der Waals surface area contributed by atoms with Crippen molar-refractivity contribution in [1.29, 1.82) is 0 Å². The molecule has 9 aromatic rings. The summed E-state index contributed by atoms with van der Waals surface area (Å²) < 4.78 is 6.44. The average Bonchev–Trinajstić information content (AvgIpc) is 3.60. The lowest BCUT2D eigenvalue weighted by Gasteiger charge is -2.10. The molecule has 0 aliphatic carbocycles. The lowest BCUT2D eigenvalue weighted by Crippen LogP contribution is -2.00. The molecule has 2 heterocycles. The van der Waals surface area contributed by atoms with Gasteiger partial charge in [-0.15, -0.1) is 0 Å². The molecule has 0 saturated carbocycles. The maximum Gasteiger partial charge on any atom is 0.227 e. The van der Waals surface area contributed by atoms with Crippen LogP contribution in [-0.4, -0.2) is 19.9 Å². The SMILES string of the molecule is c1ccc(-c2nc(-c3ccccc3)nc(-c3ccc(-c4ccc5ccc6ccc7nc(-c8ccccc8)oc7c6c5c4)cc3)n2)cc1. The Kier molecular flexibility index (Phi) is 6.39. The molecular weight excluding hydrogens is 576 g/mol. The lowest BCUT2D eigenvalue weighted by atomic mass is 9.96. The third kappa shape index (κ3) is 4.91. The molecule has 0 saturated heterocycles. The molecule has 47 heavy (non-hydrogen) atoms. The first-order chi connectivity index (χ1) is 23.3. The van der Waals surface area contributed by atoms with Gasteiger partial charge in [-0.05, 0) is 51.6 Å². The zero-order valence-corrected chi connectivity index (χ0v) is 25.2. The van der Waals surface area contributed by atoms with Gasteiger partial charge in [0.2, 0.25) is 5.89 Å². The van der Waals surface area contributed by atoms with Crippen LogP contribution in [0.5, 0.6) is 0 Å². The van der Waals surface area contributed by atoms with Crippen molar-refractivity contribution in [2.75, 3.05) is 0 Å². The van der Waals surface area contributed by atoms with Crippen LogP contribution in [0.2, 0.25) is 0 Å². The van der Waals surface area contributed by atoms with Gasteiger partial charge in [0.1, 0.15) is 5.52 Å². The average molecular weight is 603 g/mol. The van der Waals surface area contributed by atoms with Crippen molar-refractivity contribution in [2.24, 2.45) is 0 Å². The second kappa shape index (κ2) is 11.2. The summed E-state index contributed by atoms with van der Waals surface area (Å²) in [5, 5.41) is 4.46.